The van der Waals surface area contributed by atoms with Crippen LogP contribution in [0.4, 0.5) is 0 Å². The first-order chi connectivity index (χ1) is 5.68. The lowest BCUT2D eigenvalue weighted by molar-refractivity contribution is 0.0335. The molecule has 0 rings (SSSR count). The van der Waals surface area contributed by atoms with Crippen molar-refractivity contribution in [2.75, 3.05) is 6.61 Å². The van der Waals surface area contributed by atoms with Crippen LogP contribution in [0.2, 0.25) is 0 Å². The summed E-state index contributed by atoms with van der Waals surface area (Å²) in [6.45, 7) is 7.19. The Morgan fingerprint density at radius 2 is 1.92 bits per heavy atom. The van der Waals surface area contributed by atoms with Crippen LogP contribution in [0.1, 0.15) is 40.0 Å². The van der Waals surface area contributed by atoms with E-state index in [0.29, 0.717) is 18.4 Å². The fraction of sp³-hybridized carbons (Fsp3) is 0.900. The minimum Gasteiger partial charge on any atom is -0.378 e. The average molecular weight is 169 g/mol. The minimum atomic E-state index is 0.340. The number of unbranched alkanes of at least 4 members (excludes halogenated alkanes) is 2. The summed E-state index contributed by atoms with van der Waals surface area (Å²) >= 11 is 0. The van der Waals surface area contributed by atoms with E-state index < -0.39 is 0 Å². The predicted octanol–water partition coefficient (Wildman–Crippen LogP) is 2.74. The van der Waals surface area contributed by atoms with Crippen LogP contribution in [0.3, 0.4) is 0 Å². The maximum atomic E-state index is 8.27. The molecule has 0 saturated heterocycles. The molecule has 0 amide bonds. The van der Waals surface area contributed by atoms with Gasteiger partial charge in [0.25, 0.3) is 0 Å². The quantitative estimate of drug-likeness (QED) is 0.573. The molecule has 0 heterocycles. The molecule has 0 aliphatic heterocycles. The molecule has 0 aliphatic carbocycles. The molecular formula is C10H19NO. The number of hydrogen-bond acceptors (Lipinski definition) is 2. The summed E-state index contributed by atoms with van der Waals surface area (Å²) in [7, 11) is 0. The number of rotatable bonds is 6. The highest BCUT2D eigenvalue weighted by atomic mass is 16.5. The van der Waals surface area contributed by atoms with E-state index in [-0.39, 0.29) is 0 Å². The molecule has 70 valence electrons. The number of hydrogen-bond donors (Lipinski definition) is 0. The van der Waals surface area contributed by atoms with Gasteiger partial charge in [0.05, 0.1) is 12.2 Å². The molecule has 0 fully saturated rings. The van der Waals surface area contributed by atoms with Crippen LogP contribution in [-0.2, 0) is 4.74 Å². The molecule has 0 aromatic carbocycles. The number of nitriles is 1. The normalized spacial score (nSPS) is 12.9. The van der Waals surface area contributed by atoms with Crippen LogP contribution in [-0.4, -0.2) is 12.7 Å². The molecule has 0 aliphatic rings. The summed E-state index contributed by atoms with van der Waals surface area (Å²) in [6, 6.07) is 2.12. The van der Waals surface area contributed by atoms with Crippen molar-refractivity contribution < 1.29 is 4.74 Å². The van der Waals surface area contributed by atoms with Crippen LogP contribution in [0.5, 0.6) is 0 Å². The third-order valence-corrected chi connectivity index (χ3v) is 2.00. The zero-order valence-electron chi connectivity index (χ0n) is 8.34. The summed E-state index contributed by atoms with van der Waals surface area (Å²) in [5.41, 5.74) is 0. The highest BCUT2D eigenvalue weighted by Gasteiger charge is 2.05. The van der Waals surface area contributed by atoms with Gasteiger partial charge in [0.15, 0.2) is 0 Å². The van der Waals surface area contributed by atoms with Crippen molar-refractivity contribution in [1.29, 1.82) is 5.26 Å². The second-order valence-electron chi connectivity index (χ2n) is 3.44. The summed E-state index contributed by atoms with van der Waals surface area (Å²) < 4.78 is 5.54. The van der Waals surface area contributed by atoms with E-state index in [1.165, 1.54) is 0 Å². The van der Waals surface area contributed by atoms with E-state index in [1.807, 2.05) is 0 Å². The van der Waals surface area contributed by atoms with Gasteiger partial charge < -0.3 is 4.74 Å². The third kappa shape index (κ3) is 6.18. The summed E-state index contributed by atoms with van der Waals surface area (Å²) in [4.78, 5) is 0. The SMILES string of the molecule is CC(C)C(C)OCCCCC#N. The van der Waals surface area contributed by atoms with Gasteiger partial charge in [0.2, 0.25) is 0 Å². The van der Waals surface area contributed by atoms with Gasteiger partial charge in [0.1, 0.15) is 0 Å². The Kier molecular flexibility index (Phi) is 6.79. The lowest BCUT2D eigenvalue weighted by Gasteiger charge is -2.15. The van der Waals surface area contributed by atoms with Crippen molar-refractivity contribution in [2.24, 2.45) is 5.92 Å². The average Bonchev–Trinajstić information content (AvgIpc) is 2.03. The van der Waals surface area contributed by atoms with Gasteiger partial charge in [-0.15, -0.1) is 0 Å². The van der Waals surface area contributed by atoms with E-state index in [2.05, 4.69) is 26.8 Å². The monoisotopic (exact) mass is 169 g/mol. The van der Waals surface area contributed by atoms with E-state index >= 15 is 0 Å². The molecule has 1 unspecified atom stereocenters. The second-order valence-corrected chi connectivity index (χ2v) is 3.44. The highest BCUT2D eigenvalue weighted by molar-refractivity contribution is 4.67. The fourth-order valence-electron chi connectivity index (χ4n) is 0.768. The largest absolute Gasteiger partial charge is 0.378 e. The van der Waals surface area contributed by atoms with E-state index in [9.17, 15) is 0 Å². The number of nitrogens with zero attached hydrogens (tertiary/aromatic N) is 1. The van der Waals surface area contributed by atoms with Gasteiger partial charge in [0, 0.05) is 13.0 Å². The van der Waals surface area contributed by atoms with Crippen molar-refractivity contribution in [2.45, 2.75) is 46.1 Å². The zero-order valence-corrected chi connectivity index (χ0v) is 8.34. The molecule has 0 aromatic rings. The fourth-order valence-corrected chi connectivity index (χ4v) is 0.768. The van der Waals surface area contributed by atoms with E-state index in [1.54, 1.807) is 0 Å². The Bertz CT molecular complexity index is 137. The van der Waals surface area contributed by atoms with Gasteiger partial charge in [-0.25, -0.2) is 0 Å². The van der Waals surface area contributed by atoms with Gasteiger partial charge in [-0.3, -0.25) is 0 Å². The van der Waals surface area contributed by atoms with Crippen LogP contribution in [0.15, 0.2) is 0 Å². The smallest absolute Gasteiger partial charge is 0.0621 e. The molecule has 0 N–H and O–H groups in total. The maximum Gasteiger partial charge on any atom is 0.0621 e. The Morgan fingerprint density at radius 1 is 1.25 bits per heavy atom. The predicted molar refractivity (Wildman–Crippen MR) is 49.7 cm³/mol. The lowest BCUT2D eigenvalue weighted by Crippen LogP contribution is -2.15. The van der Waals surface area contributed by atoms with Gasteiger partial charge in [-0.05, 0) is 25.7 Å². The van der Waals surface area contributed by atoms with Crippen molar-refractivity contribution in [3.05, 3.63) is 0 Å². The molecule has 12 heavy (non-hydrogen) atoms. The molecule has 0 bridgehead atoms. The molecule has 2 nitrogen and oxygen atoms in total. The van der Waals surface area contributed by atoms with Crippen LogP contribution >= 0.6 is 0 Å². The Balaban J connectivity index is 3.15. The molecule has 0 spiro atoms. The number of ether oxygens (including phenoxy) is 1. The Labute approximate surface area is 75.5 Å². The molecular weight excluding hydrogens is 150 g/mol. The molecule has 1 atom stereocenters. The Morgan fingerprint density at radius 3 is 2.42 bits per heavy atom. The van der Waals surface area contributed by atoms with Crippen LogP contribution in [0.25, 0.3) is 0 Å². The first kappa shape index (κ1) is 11.4. The van der Waals surface area contributed by atoms with Crippen molar-refractivity contribution in [3.63, 3.8) is 0 Å². The van der Waals surface area contributed by atoms with Gasteiger partial charge >= 0.3 is 0 Å². The van der Waals surface area contributed by atoms with Gasteiger partial charge in [-0.1, -0.05) is 13.8 Å². The summed E-state index contributed by atoms with van der Waals surface area (Å²) in [5, 5.41) is 8.27. The van der Waals surface area contributed by atoms with E-state index in [0.717, 1.165) is 19.4 Å². The summed E-state index contributed by atoms with van der Waals surface area (Å²) in [5.74, 6) is 0.584. The standard InChI is InChI=1S/C10H19NO/c1-9(2)10(3)12-8-6-4-5-7-11/h9-10H,4-6,8H2,1-3H3. The topological polar surface area (TPSA) is 33.0 Å². The molecule has 0 saturated carbocycles. The minimum absolute atomic E-state index is 0.340. The molecule has 0 aromatic heterocycles. The Hall–Kier alpha value is -0.550. The zero-order chi connectivity index (χ0) is 9.40. The maximum absolute atomic E-state index is 8.27. The molecule has 2 heteroatoms. The van der Waals surface area contributed by atoms with Crippen molar-refractivity contribution in [1.82, 2.24) is 0 Å². The lowest BCUT2D eigenvalue weighted by atomic mass is 10.1. The van der Waals surface area contributed by atoms with Crippen LogP contribution < -0.4 is 0 Å². The van der Waals surface area contributed by atoms with E-state index in [4.69, 9.17) is 10.00 Å². The molecule has 0 radical (unpaired) electrons. The van der Waals surface area contributed by atoms with Gasteiger partial charge in [-0.2, -0.15) is 5.26 Å². The van der Waals surface area contributed by atoms with Crippen LogP contribution in [0, 0.1) is 17.2 Å². The first-order valence-electron chi connectivity index (χ1n) is 4.67. The second kappa shape index (κ2) is 7.12. The first-order valence-corrected chi connectivity index (χ1v) is 4.67. The van der Waals surface area contributed by atoms with Crippen molar-refractivity contribution >= 4 is 0 Å². The third-order valence-electron chi connectivity index (χ3n) is 2.00. The van der Waals surface area contributed by atoms with Crippen molar-refractivity contribution in [3.8, 4) is 6.07 Å². The highest BCUT2D eigenvalue weighted by Crippen LogP contribution is 2.06. The summed E-state index contributed by atoms with van der Waals surface area (Å²) in [6.07, 6.45) is 2.96.